The molecule has 0 atom stereocenters. The first-order valence-corrected chi connectivity index (χ1v) is 7.37. The van der Waals surface area contributed by atoms with Gasteiger partial charge in [-0.2, -0.15) is 0 Å². The molecule has 0 saturated heterocycles. The van der Waals surface area contributed by atoms with E-state index in [0.29, 0.717) is 12.1 Å². The number of rotatable bonds is 4. The lowest BCUT2D eigenvalue weighted by Gasteiger charge is -2.06. The lowest BCUT2D eigenvalue weighted by Crippen LogP contribution is -2.25. The van der Waals surface area contributed by atoms with Crippen LogP contribution in [0.25, 0.3) is 10.9 Å². The quantitative estimate of drug-likeness (QED) is 0.798. The van der Waals surface area contributed by atoms with Crippen LogP contribution in [0.2, 0.25) is 0 Å². The minimum atomic E-state index is -0.0640. The summed E-state index contributed by atoms with van der Waals surface area (Å²) in [5, 5.41) is 5.99. The van der Waals surface area contributed by atoms with Crippen LogP contribution in [-0.4, -0.2) is 17.4 Å². The van der Waals surface area contributed by atoms with Crippen LogP contribution in [0, 0.1) is 0 Å². The molecule has 0 aliphatic heterocycles. The van der Waals surface area contributed by atoms with Crippen molar-refractivity contribution in [2.75, 3.05) is 6.54 Å². The summed E-state index contributed by atoms with van der Waals surface area (Å²) in [6, 6.07) is 13.6. The molecule has 3 rings (SSSR count). The van der Waals surface area contributed by atoms with Crippen molar-refractivity contribution in [1.29, 1.82) is 0 Å². The Balaban J connectivity index is 1.72. The standard InChI is InChI=1S/C16H14N2OS/c19-16(18-10-8-13-6-3-11-20-13)14-7-1-4-12-5-2-9-17-15(12)14/h1-7,9,11H,8,10H2,(H,18,19). The Labute approximate surface area is 121 Å². The van der Waals surface area contributed by atoms with Gasteiger partial charge in [0.1, 0.15) is 0 Å². The van der Waals surface area contributed by atoms with Crippen LogP contribution in [-0.2, 0) is 6.42 Å². The van der Waals surface area contributed by atoms with E-state index in [1.54, 1.807) is 17.5 Å². The Morgan fingerprint density at radius 2 is 2.05 bits per heavy atom. The average molecular weight is 282 g/mol. The maximum atomic E-state index is 12.2. The highest BCUT2D eigenvalue weighted by atomic mass is 32.1. The fourth-order valence-electron chi connectivity index (χ4n) is 2.14. The fraction of sp³-hybridized carbons (Fsp3) is 0.125. The van der Waals surface area contributed by atoms with E-state index in [2.05, 4.69) is 16.4 Å². The van der Waals surface area contributed by atoms with Crippen LogP contribution in [0.15, 0.2) is 54.0 Å². The van der Waals surface area contributed by atoms with Crippen LogP contribution in [0.4, 0.5) is 0 Å². The second-order valence-corrected chi connectivity index (χ2v) is 5.50. The zero-order chi connectivity index (χ0) is 13.8. The normalized spacial score (nSPS) is 10.6. The molecule has 20 heavy (non-hydrogen) atoms. The lowest BCUT2D eigenvalue weighted by atomic mass is 10.1. The van der Waals surface area contributed by atoms with E-state index >= 15 is 0 Å². The molecule has 0 bridgehead atoms. The molecule has 3 nitrogen and oxygen atoms in total. The van der Waals surface area contributed by atoms with Gasteiger partial charge in [-0.1, -0.05) is 24.3 Å². The molecule has 1 aromatic carbocycles. The number of nitrogens with one attached hydrogen (secondary N) is 1. The van der Waals surface area contributed by atoms with Crippen molar-refractivity contribution in [2.45, 2.75) is 6.42 Å². The zero-order valence-electron chi connectivity index (χ0n) is 10.9. The molecule has 0 aliphatic rings. The molecule has 0 spiro atoms. The van der Waals surface area contributed by atoms with Crippen LogP contribution in [0.5, 0.6) is 0 Å². The topological polar surface area (TPSA) is 42.0 Å². The molecular formula is C16H14N2OS. The van der Waals surface area contributed by atoms with Gasteiger partial charge in [-0.05, 0) is 30.0 Å². The maximum Gasteiger partial charge on any atom is 0.253 e. The minimum absolute atomic E-state index is 0.0640. The van der Waals surface area contributed by atoms with Crippen LogP contribution in [0.1, 0.15) is 15.2 Å². The number of nitrogens with zero attached hydrogens (tertiary/aromatic N) is 1. The largest absolute Gasteiger partial charge is 0.352 e. The Hall–Kier alpha value is -2.20. The monoisotopic (exact) mass is 282 g/mol. The summed E-state index contributed by atoms with van der Waals surface area (Å²) in [7, 11) is 0. The Morgan fingerprint density at radius 1 is 1.15 bits per heavy atom. The Morgan fingerprint density at radius 3 is 2.90 bits per heavy atom. The zero-order valence-corrected chi connectivity index (χ0v) is 11.7. The molecule has 100 valence electrons. The number of carbonyl (C=O) groups is 1. The van der Waals surface area contributed by atoms with E-state index < -0.39 is 0 Å². The predicted octanol–water partition coefficient (Wildman–Crippen LogP) is 3.27. The molecule has 4 heteroatoms. The van der Waals surface area contributed by atoms with Gasteiger partial charge in [0.25, 0.3) is 5.91 Å². The van der Waals surface area contributed by atoms with Gasteiger partial charge in [0.2, 0.25) is 0 Å². The third kappa shape index (κ3) is 2.70. The van der Waals surface area contributed by atoms with Crippen LogP contribution in [0.3, 0.4) is 0 Å². The summed E-state index contributed by atoms with van der Waals surface area (Å²) in [6.45, 7) is 0.641. The summed E-state index contributed by atoms with van der Waals surface area (Å²) in [5.41, 5.74) is 1.39. The summed E-state index contributed by atoms with van der Waals surface area (Å²) in [6.07, 6.45) is 2.58. The van der Waals surface area contributed by atoms with Gasteiger partial charge in [-0.3, -0.25) is 9.78 Å². The van der Waals surface area contributed by atoms with Crippen molar-refractivity contribution >= 4 is 28.1 Å². The first kappa shape index (κ1) is 12.8. The first-order chi connectivity index (χ1) is 9.84. The number of para-hydroxylation sites is 1. The van der Waals surface area contributed by atoms with Crippen molar-refractivity contribution in [1.82, 2.24) is 10.3 Å². The first-order valence-electron chi connectivity index (χ1n) is 6.49. The average Bonchev–Trinajstić information content (AvgIpc) is 3.00. The second-order valence-electron chi connectivity index (χ2n) is 4.47. The summed E-state index contributed by atoms with van der Waals surface area (Å²) in [4.78, 5) is 17.8. The van der Waals surface area contributed by atoms with Crippen LogP contribution < -0.4 is 5.32 Å². The number of fused-ring (bicyclic) bond motifs is 1. The molecule has 0 saturated carbocycles. The highest BCUT2D eigenvalue weighted by molar-refractivity contribution is 7.09. The van der Waals surface area contributed by atoms with Gasteiger partial charge in [0.15, 0.2) is 0 Å². The predicted molar refractivity (Wildman–Crippen MR) is 82.1 cm³/mol. The van der Waals surface area contributed by atoms with E-state index in [4.69, 9.17) is 0 Å². The fourth-order valence-corrected chi connectivity index (χ4v) is 2.85. The van der Waals surface area contributed by atoms with E-state index in [-0.39, 0.29) is 5.91 Å². The minimum Gasteiger partial charge on any atom is -0.352 e. The van der Waals surface area contributed by atoms with Gasteiger partial charge in [0, 0.05) is 23.0 Å². The van der Waals surface area contributed by atoms with Gasteiger partial charge in [0.05, 0.1) is 11.1 Å². The molecule has 0 aliphatic carbocycles. The summed E-state index contributed by atoms with van der Waals surface area (Å²) in [5.74, 6) is -0.0640. The molecule has 3 aromatic rings. The van der Waals surface area contributed by atoms with Crippen molar-refractivity contribution in [3.05, 3.63) is 64.5 Å². The number of amides is 1. The van der Waals surface area contributed by atoms with Gasteiger partial charge in [-0.15, -0.1) is 11.3 Å². The van der Waals surface area contributed by atoms with Crippen molar-refractivity contribution in [2.24, 2.45) is 0 Å². The van der Waals surface area contributed by atoms with E-state index in [9.17, 15) is 4.79 Å². The molecule has 2 aromatic heterocycles. The SMILES string of the molecule is O=C(NCCc1cccs1)c1cccc2cccnc12. The number of carbonyl (C=O) groups excluding carboxylic acids is 1. The third-order valence-electron chi connectivity index (χ3n) is 3.11. The van der Waals surface area contributed by atoms with E-state index in [1.165, 1.54) is 4.88 Å². The number of pyridine rings is 1. The summed E-state index contributed by atoms with van der Waals surface area (Å²) >= 11 is 1.71. The molecule has 0 radical (unpaired) electrons. The van der Waals surface area contributed by atoms with E-state index in [1.807, 2.05) is 41.8 Å². The molecule has 2 heterocycles. The summed E-state index contributed by atoms with van der Waals surface area (Å²) < 4.78 is 0. The molecular weight excluding hydrogens is 268 g/mol. The maximum absolute atomic E-state index is 12.2. The number of thiophene rings is 1. The number of hydrogen-bond donors (Lipinski definition) is 1. The second kappa shape index (κ2) is 5.84. The Bertz CT molecular complexity index is 717. The van der Waals surface area contributed by atoms with Crippen molar-refractivity contribution < 1.29 is 4.79 Å². The molecule has 0 fully saturated rings. The molecule has 1 N–H and O–H groups in total. The smallest absolute Gasteiger partial charge is 0.253 e. The van der Waals surface area contributed by atoms with E-state index in [0.717, 1.165) is 17.3 Å². The van der Waals surface area contributed by atoms with Gasteiger partial charge >= 0.3 is 0 Å². The Kier molecular flexibility index (Phi) is 3.74. The third-order valence-corrected chi connectivity index (χ3v) is 4.05. The van der Waals surface area contributed by atoms with Gasteiger partial charge < -0.3 is 5.32 Å². The van der Waals surface area contributed by atoms with Crippen molar-refractivity contribution in [3.8, 4) is 0 Å². The van der Waals surface area contributed by atoms with Gasteiger partial charge in [-0.25, -0.2) is 0 Å². The van der Waals surface area contributed by atoms with Crippen LogP contribution >= 0.6 is 11.3 Å². The van der Waals surface area contributed by atoms with Crippen molar-refractivity contribution in [3.63, 3.8) is 0 Å². The lowest BCUT2D eigenvalue weighted by molar-refractivity contribution is 0.0955. The highest BCUT2D eigenvalue weighted by Gasteiger charge is 2.09. The molecule has 0 unspecified atom stereocenters. The highest BCUT2D eigenvalue weighted by Crippen LogP contribution is 2.15. The number of aromatic nitrogens is 1. The number of benzene rings is 1. The number of hydrogen-bond acceptors (Lipinski definition) is 3. The molecule has 1 amide bonds.